The Balaban J connectivity index is 2.50. The second-order valence-corrected chi connectivity index (χ2v) is 5.03. The SMILES string of the molecule is CCc1nn(CC)c(Cn2cc(F)c(=O)[nH]c2=O)c1Br. The molecule has 2 aromatic heterocycles. The number of hydrogen-bond acceptors (Lipinski definition) is 3. The zero-order valence-electron chi connectivity index (χ0n) is 11.1. The van der Waals surface area contributed by atoms with Gasteiger partial charge in [0.25, 0.3) is 5.56 Å². The second kappa shape index (κ2) is 5.74. The maximum Gasteiger partial charge on any atom is 0.328 e. The van der Waals surface area contributed by atoms with Crippen LogP contribution in [0.5, 0.6) is 0 Å². The van der Waals surface area contributed by atoms with E-state index in [1.165, 1.54) is 0 Å². The van der Waals surface area contributed by atoms with Gasteiger partial charge in [0.1, 0.15) is 0 Å². The lowest BCUT2D eigenvalue weighted by Gasteiger charge is -2.07. The predicted molar refractivity (Wildman–Crippen MR) is 75.4 cm³/mol. The molecule has 0 bridgehead atoms. The van der Waals surface area contributed by atoms with Crippen LogP contribution in [-0.2, 0) is 19.5 Å². The van der Waals surface area contributed by atoms with E-state index in [-0.39, 0.29) is 6.54 Å². The highest BCUT2D eigenvalue weighted by Crippen LogP contribution is 2.22. The lowest BCUT2D eigenvalue weighted by Crippen LogP contribution is -2.32. The van der Waals surface area contributed by atoms with E-state index < -0.39 is 17.1 Å². The number of rotatable bonds is 4. The van der Waals surface area contributed by atoms with Crippen LogP contribution in [0.15, 0.2) is 20.3 Å². The lowest BCUT2D eigenvalue weighted by molar-refractivity contribution is 0.545. The first-order valence-corrected chi connectivity index (χ1v) is 7.00. The van der Waals surface area contributed by atoms with E-state index in [1.54, 1.807) is 4.68 Å². The van der Waals surface area contributed by atoms with Crippen LogP contribution in [0.4, 0.5) is 4.39 Å². The molecule has 2 heterocycles. The van der Waals surface area contributed by atoms with Gasteiger partial charge in [-0.05, 0) is 29.3 Å². The van der Waals surface area contributed by atoms with E-state index in [0.717, 1.165) is 33.0 Å². The number of nitrogens with zero attached hydrogens (tertiary/aromatic N) is 3. The molecule has 6 nitrogen and oxygen atoms in total. The minimum Gasteiger partial charge on any atom is -0.292 e. The van der Waals surface area contributed by atoms with Crippen molar-refractivity contribution >= 4 is 15.9 Å². The molecule has 0 saturated carbocycles. The van der Waals surface area contributed by atoms with Gasteiger partial charge in [0.15, 0.2) is 0 Å². The summed E-state index contributed by atoms with van der Waals surface area (Å²) in [6.45, 7) is 4.67. The third kappa shape index (κ3) is 2.60. The Morgan fingerprint density at radius 1 is 1.40 bits per heavy atom. The molecular weight excluding hydrogens is 331 g/mol. The molecule has 0 fully saturated rings. The van der Waals surface area contributed by atoms with Gasteiger partial charge in [0.2, 0.25) is 5.82 Å². The minimum absolute atomic E-state index is 0.133. The molecule has 0 unspecified atom stereocenters. The van der Waals surface area contributed by atoms with Crippen LogP contribution in [0, 0.1) is 5.82 Å². The zero-order chi connectivity index (χ0) is 14.9. The van der Waals surface area contributed by atoms with Crippen LogP contribution in [0.3, 0.4) is 0 Å². The summed E-state index contributed by atoms with van der Waals surface area (Å²) in [5.74, 6) is -0.987. The molecule has 0 spiro atoms. The van der Waals surface area contributed by atoms with Crippen molar-refractivity contribution in [1.29, 1.82) is 0 Å². The molecule has 0 aromatic carbocycles. The predicted octanol–water partition coefficient (Wildman–Crippen LogP) is 1.27. The summed E-state index contributed by atoms with van der Waals surface area (Å²) in [6.07, 6.45) is 1.65. The van der Waals surface area contributed by atoms with Crippen LogP contribution < -0.4 is 11.2 Å². The van der Waals surface area contributed by atoms with Crippen molar-refractivity contribution in [2.24, 2.45) is 0 Å². The summed E-state index contributed by atoms with van der Waals surface area (Å²) in [5.41, 5.74) is -0.0218. The van der Waals surface area contributed by atoms with Crippen LogP contribution in [0.1, 0.15) is 25.2 Å². The Morgan fingerprint density at radius 3 is 2.70 bits per heavy atom. The van der Waals surface area contributed by atoms with E-state index in [1.807, 2.05) is 18.8 Å². The van der Waals surface area contributed by atoms with Gasteiger partial charge in [0, 0.05) is 6.54 Å². The highest BCUT2D eigenvalue weighted by molar-refractivity contribution is 9.10. The largest absolute Gasteiger partial charge is 0.328 e. The molecule has 2 aromatic rings. The maximum atomic E-state index is 13.3. The quantitative estimate of drug-likeness (QED) is 0.907. The van der Waals surface area contributed by atoms with Crippen molar-refractivity contribution in [3.63, 3.8) is 0 Å². The normalized spacial score (nSPS) is 11.0. The van der Waals surface area contributed by atoms with Gasteiger partial charge in [-0.1, -0.05) is 6.92 Å². The highest BCUT2D eigenvalue weighted by Gasteiger charge is 2.15. The molecule has 0 aliphatic carbocycles. The van der Waals surface area contributed by atoms with E-state index in [4.69, 9.17) is 0 Å². The topological polar surface area (TPSA) is 72.7 Å². The second-order valence-electron chi connectivity index (χ2n) is 4.24. The third-order valence-electron chi connectivity index (χ3n) is 2.98. The van der Waals surface area contributed by atoms with E-state index in [0.29, 0.717) is 6.54 Å². The number of nitrogens with one attached hydrogen (secondary N) is 1. The number of aromatic amines is 1. The minimum atomic E-state index is -1.01. The van der Waals surface area contributed by atoms with Crippen molar-refractivity contribution in [2.45, 2.75) is 33.4 Å². The van der Waals surface area contributed by atoms with Gasteiger partial charge in [0.05, 0.1) is 28.6 Å². The van der Waals surface area contributed by atoms with Crippen LogP contribution in [0.25, 0.3) is 0 Å². The van der Waals surface area contributed by atoms with Crippen molar-refractivity contribution in [3.8, 4) is 0 Å². The number of H-pyrrole nitrogens is 1. The molecule has 20 heavy (non-hydrogen) atoms. The third-order valence-corrected chi connectivity index (χ3v) is 3.90. The number of aryl methyl sites for hydroxylation is 2. The zero-order valence-corrected chi connectivity index (χ0v) is 12.7. The molecule has 0 atom stereocenters. The molecule has 1 N–H and O–H groups in total. The highest BCUT2D eigenvalue weighted by atomic mass is 79.9. The maximum absolute atomic E-state index is 13.3. The molecule has 108 valence electrons. The van der Waals surface area contributed by atoms with Crippen molar-refractivity contribution < 1.29 is 4.39 Å². The van der Waals surface area contributed by atoms with Gasteiger partial charge in [-0.2, -0.15) is 9.49 Å². The van der Waals surface area contributed by atoms with Gasteiger partial charge in [-0.3, -0.25) is 19.0 Å². The summed E-state index contributed by atoms with van der Waals surface area (Å²) in [4.78, 5) is 24.6. The van der Waals surface area contributed by atoms with Gasteiger partial charge in [-0.25, -0.2) is 4.79 Å². The van der Waals surface area contributed by atoms with Gasteiger partial charge >= 0.3 is 5.69 Å². The summed E-state index contributed by atoms with van der Waals surface area (Å²) >= 11 is 3.45. The van der Waals surface area contributed by atoms with Gasteiger partial charge < -0.3 is 0 Å². The number of halogens is 2. The van der Waals surface area contributed by atoms with E-state index >= 15 is 0 Å². The fourth-order valence-corrected chi connectivity index (χ4v) is 2.62. The molecule has 0 saturated heterocycles. The molecule has 2 rings (SSSR count). The Labute approximate surface area is 122 Å². The lowest BCUT2D eigenvalue weighted by atomic mass is 10.3. The summed E-state index contributed by atoms with van der Waals surface area (Å²) in [7, 11) is 0. The Hall–Kier alpha value is -1.70. The first kappa shape index (κ1) is 14.7. The Bertz CT molecular complexity index is 747. The Kier molecular flexibility index (Phi) is 4.22. The number of aromatic nitrogens is 4. The average Bonchev–Trinajstić information content (AvgIpc) is 2.72. The average molecular weight is 345 g/mol. The van der Waals surface area contributed by atoms with Crippen LogP contribution in [0.2, 0.25) is 0 Å². The first-order chi connectivity index (χ1) is 9.47. The monoisotopic (exact) mass is 344 g/mol. The Morgan fingerprint density at radius 2 is 2.10 bits per heavy atom. The standard InChI is InChI=1S/C12H14BrFN4O2/c1-3-8-10(13)9(18(4-2)16-8)6-17-5-7(14)11(19)15-12(17)20/h5H,3-4,6H2,1-2H3,(H,15,19,20). The summed E-state index contributed by atoms with van der Waals surface area (Å²) in [6, 6.07) is 0. The molecule has 0 aliphatic rings. The van der Waals surface area contributed by atoms with Crippen molar-refractivity contribution in [1.82, 2.24) is 19.3 Å². The molecule has 8 heteroatoms. The van der Waals surface area contributed by atoms with Crippen LogP contribution >= 0.6 is 15.9 Å². The van der Waals surface area contributed by atoms with E-state index in [9.17, 15) is 14.0 Å². The molecular formula is C12H14BrFN4O2. The summed E-state index contributed by atoms with van der Waals surface area (Å²) in [5, 5.41) is 4.40. The van der Waals surface area contributed by atoms with Crippen molar-refractivity contribution in [2.75, 3.05) is 0 Å². The fraction of sp³-hybridized carbons (Fsp3) is 0.417. The summed E-state index contributed by atoms with van der Waals surface area (Å²) < 4.78 is 16.9. The molecule has 0 radical (unpaired) electrons. The number of hydrogen-bond donors (Lipinski definition) is 1. The first-order valence-electron chi connectivity index (χ1n) is 6.21. The van der Waals surface area contributed by atoms with Crippen molar-refractivity contribution in [3.05, 3.63) is 48.7 Å². The smallest absolute Gasteiger partial charge is 0.292 e. The van der Waals surface area contributed by atoms with Gasteiger partial charge in [-0.15, -0.1) is 0 Å². The van der Waals surface area contributed by atoms with E-state index in [2.05, 4.69) is 21.0 Å². The molecule has 0 amide bonds. The van der Waals surface area contributed by atoms with Crippen LogP contribution in [-0.4, -0.2) is 19.3 Å². The fourth-order valence-electron chi connectivity index (χ4n) is 1.93. The molecule has 0 aliphatic heterocycles.